The van der Waals surface area contributed by atoms with Crippen LogP contribution in [0.1, 0.15) is 37.1 Å². The van der Waals surface area contributed by atoms with Gasteiger partial charge >= 0.3 is 0 Å². The lowest BCUT2D eigenvalue weighted by Crippen LogP contribution is -2.39. The molecular weight excluding hydrogens is 226 g/mol. The van der Waals surface area contributed by atoms with Crippen LogP contribution in [0.4, 0.5) is 0 Å². The Labute approximate surface area is 109 Å². The van der Waals surface area contributed by atoms with E-state index < -0.39 is 0 Å². The largest absolute Gasteiger partial charge is 0.448 e. The fourth-order valence-corrected chi connectivity index (χ4v) is 2.87. The molecule has 1 saturated carbocycles. The van der Waals surface area contributed by atoms with Crippen molar-refractivity contribution in [1.29, 1.82) is 0 Å². The Kier molecular flexibility index (Phi) is 3.66. The predicted molar refractivity (Wildman–Crippen MR) is 70.3 cm³/mol. The minimum atomic E-state index is 0.794. The van der Waals surface area contributed by atoms with Crippen LogP contribution in [-0.4, -0.2) is 35.6 Å². The average Bonchev–Trinajstić information content (AvgIpc) is 3.16. The second kappa shape index (κ2) is 5.41. The predicted octanol–water partition coefficient (Wildman–Crippen LogP) is 1.95. The monoisotopic (exact) mass is 249 g/mol. The Morgan fingerprint density at radius 2 is 2.33 bits per heavy atom. The maximum atomic E-state index is 5.31. The number of aryl methyl sites for hydroxylation is 1. The number of oxazole rings is 1. The van der Waals surface area contributed by atoms with Crippen LogP contribution in [0.5, 0.6) is 0 Å². The summed E-state index contributed by atoms with van der Waals surface area (Å²) in [5.41, 5.74) is 1.12. The van der Waals surface area contributed by atoms with Crippen molar-refractivity contribution in [2.24, 2.45) is 5.92 Å². The van der Waals surface area contributed by atoms with Crippen LogP contribution in [0.3, 0.4) is 0 Å². The lowest BCUT2D eigenvalue weighted by atomic mass is 9.99. The summed E-state index contributed by atoms with van der Waals surface area (Å²) in [6, 6.07) is 0.794. The minimum Gasteiger partial charge on any atom is -0.448 e. The van der Waals surface area contributed by atoms with Crippen LogP contribution < -0.4 is 5.32 Å². The number of hydrogen-bond donors (Lipinski definition) is 1. The summed E-state index contributed by atoms with van der Waals surface area (Å²) >= 11 is 0. The first kappa shape index (κ1) is 12.2. The standard InChI is InChI=1S/C14H23N3O/c1-11-14(16-10-18-11)9-17(13-4-5-13)8-12-3-2-6-15-7-12/h10,12-13,15H,2-9H2,1H3. The molecule has 1 aromatic rings. The van der Waals surface area contributed by atoms with E-state index in [2.05, 4.69) is 15.2 Å². The van der Waals surface area contributed by atoms with Gasteiger partial charge < -0.3 is 9.73 Å². The molecule has 2 heterocycles. The first-order chi connectivity index (χ1) is 8.83. The molecule has 1 aliphatic heterocycles. The zero-order chi connectivity index (χ0) is 12.4. The van der Waals surface area contributed by atoms with Crippen molar-refractivity contribution >= 4 is 0 Å². The molecule has 3 rings (SSSR count). The van der Waals surface area contributed by atoms with Gasteiger partial charge in [-0.05, 0) is 51.6 Å². The Bertz CT molecular complexity index is 380. The molecule has 100 valence electrons. The summed E-state index contributed by atoms with van der Waals surface area (Å²) in [4.78, 5) is 6.95. The lowest BCUT2D eigenvalue weighted by Gasteiger charge is -2.29. The number of nitrogens with zero attached hydrogens (tertiary/aromatic N) is 2. The van der Waals surface area contributed by atoms with E-state index in [0.717, 1.165) is 30.0 Å². The number of aromatic nitrogens is 1. The molecule has 1 aromatic heterocycles. The van der Waals surface area contributed by atoms with Gasteiger partial charge in [0, 0.05) is 19.1 Å². The van der Waals surface area contributed by atoms with Gasteiger partial charge in [0.05, 0.1) is 5.69 Å². The third-order valence-electron chi connectivity index (χ3n) is 4.15. The molecule has 1 N–H and O–H groups in total. The first-order valence-electron chi connectivity index (χ1n) is 7.16. The van der Waals surface area contributed by atoms with E-state index in [4.69, 9.17) is 4.42 Å². The molecule has 1 unspecified atom stereocenters. The van der Waals surface area contributed by atoms with Gasteiger partial charge in [-0.2, -0.15) is 0 Å². The summed E-state index contributed by atoms with van der Waals surface area (Å²) in [6.45, 7) is 6.56. The van der Waals surface area contributed by atoms with E-state index >= 15 is 0 Å². The van der Waals surface area contributed by atoms with Gasteiger partial charge in [0.15, 0.2) is 6.39 Å². The molecule has 0 aromatic carbocycles. The van der Waals surface area contributed by atoms with Gasteiger partial charge in [-0.25, -0.2) is 4.98 Å². The summed E-state index contributed by atoms with van der Waals surface area (Å²) in [7, 11) is 0. The van der Waals surface area contributed by atoms with E-state index in [1.807, 2.05) is 6.92 Å². The van der Waals surface area contributed by atoms with Crippen molar-refractivity contribution < 1.29 is 4.42 Å². The molecule has 1 saturated heterocycles. The molecule has 2 fully saturated rings. The van der Waals surface area contributed by atoms with Crippen molar-refractivity contribution in [3.8, 4) is 0 Å². The van der Waals surface area contributed by atoms with Crippen LogP contribution in [0.2, 0.25) is 0 Å². The normalized spacial score (nSPS) is 24.7. The van der Waals surface area contributed by atoms with Gasteiger partial charge in [0.1, 0.15) is 5.76 Å². The maximum Gasteiger partial charge on any atom is 0.181 e. The van der Waals surface area contributed by atoms with Crippen molar-refractivity contribution in [3.05, 3.63) is 17.8 Å². The lowest BCUT2D eigenvalue weighted by molar-refractivity contribution is 0.190. The average molecular weight is 249 g/mol. The zero-order valence-electron chi connectivity index (χ0n) is 11.2. The van der Waals surface area contributed by atoms with Crippen LogP contribution in [0.25, 0.3) is 0 Å². The summed E-state index contributed by atoms with van der Waals surface area (Å²) in [6.07, 6.45) is 6.98. The highest BCUT2D eigenvalue weighted by Crippen LogP contribution is 2.30. The second-order valence-electron chi connectivity index (χ2n) is 5.73. The SMILES string of the molecule is Cc1ocnc1CN(CC1CCCNC1)C1CC1. The highest BCUT2D eigenvalue weighted by atomic mass is 16.3. The fourth-order valence-electron chi connectivity index (χ4n) is 2.87. The Balaban J connectivity index is 1.59. The zero-order valence-corrected chi connectivity index (χ0v) is 11.2. The van der Waals surface area contributed by atoms with E-state index in [0.29, 0.717) is 0 Å². The number of nitrogens with one attached hydrogen (secondary N) is 1. The molecule has 18 heavy (non-hydrogen) atoms. The van der Waals surface area contributed by atoms with Crippen molar-refractivity contribution in [3.63, 3.8) is 0 Å². The molecule has 4 nitrogen and oxygen atoms in total. The van der Waals surface area contributed by atoms with Crippen molar-refractivity contribution in [2.75, 3.05) is 19.6 Å². The first-order valence-corrected chi connectivity index (χ1v) is 7.16. The van der Waals surface area contributed by atoms with Crippen LogP contribution >= 0.6 is 0 Å². The van der Waals surface area contributed by atoms with Gasteiger partial charge in [0.25, 0.3) is 0 Å². The Morgan fingerprint density at radius 1 is 1.44 bits per heavy atom. The minimum absolute atomic E-state index is 0.794. The van der Waals surface area contributed by atoms with E-state index in [1.54, 1.807) is 6.39 Å². The topological polar surface area (TPSA) is 41.3 Å². The van der Waals surface area contributed by atoms with Crippen LogP contribution in [0, 0.1) is 12.8 Å². The number of piperidine rings is 1. The highest BCUT2D eigenvalue weighted by Gasteiger charge is 2.31. The Hall–Kier alpha value is -0.870. The molecule has 0 bridgehead atoms. The third-order valence-corrected chi connectivity index (χ3v) is 4.15. The molecule has 0 amide bonds. The summed E-state index contributed by atoms with van der Waals surface area (Å²) in [5, 5.41) is 3.51. The van der Waals surface area contributed by atoms with E-state index in [-0.39, 0.29) is 0 Å². The highest BCUT2D eigenvalue weighted by molar-refractivity contribution is 5.05. The fraction of sp³-hybridized carbons (Fsp3) is 0.786. The number of hydrogen-bond acceptors (Lipinski definition) is 4. The maximum absolute atomic E-state index is 5.31. The molecule has 1 atom stereocenters. The van der Waals surface area contributed by atoms with Crippen molar-refractivity contribution in [2.45, 2.75) is 45.2 Å². The van der Waals surface area contributed by atoms with Gasteiger partial charge in [-0.3, -0.25) is 4.90 Å². The molecule has 1 aliphatic carbocycles. The van der Waals surface area contributed by atoms with Gasteiger partial charge in [0.2, 0.25) is 0 Å². The van der Waals surface area contributed by atoms with Gasteiger partial charge in [-0.15, -0.1) is 0 Å². The van der Waals surface area contributed by atoms with Gasteiger partial charge in [-0.1, -0.05) is 0 Å². The summed E-state index contributed by atoms with van der Waals surface area (Å²) in [5.74, 6) is 1.79. The molecule has 4 heteroatoms. The van der Waals surface area contributed by atoms with Crippen LogP contribution in [-0.2, 0) is 6.54 Å². The molecule has 0 spiro atoms. The second-order valence-corrected chi connectivity index (χ2v) is 5.73. The number of rotatable bonds is 5. The molecule has 0 radical (unpaired) electrons. The third kappa shape index (κ3) is 2.93. The summed E-state index contributed by atoms with van der Waals surface area (Å²) < 4.78 is 5.31. The van der Waals surface area contributed by atoms with Crippen molar-refractivity contribution in [1.82, 2.24) is 15.2 Å². The van der Waals surface area contributed by atoms with Crippen LogP contribution in [0.15, 0.2) is 10.8 Å². The Morgan fingerprint density at radius 3 is 2.94 bits per heavy atom. The smallest absolute Gasteiger partial charge is 0.181 e. The van der Waals surface area contributed by atoms with E-state index in [9.17, 15) is 0 Å². The quantitative estimate of drug-likeness (QED) is 0.866. The van der Waals surface area contributed by atoms with E-state index in [1.165, 1.54) is 45.3 Å². The molecule has 2 aliphatic rings. The molecular formula is C14H23N3O.